The molecule has 2 rings (SSSR count). The summed E-state index contributed by atoms with van der Waals surface area (Å²) < 4.78 is 11.8. The summed E-state index contributed by atoms with van der Waals surface area (Å²) in [6.45, 7) is 2.36. The number of benzene rings is 1. The summed E-state index contributed by atoms with van der Waals surface area (Å²) in [5, 5.41) is 9.15. The Bertz CT molecular complexity index is 457. The van der Waals surface area contributed by atoms with Gasteiger partial charge in [0.1, 0.15) is 5.75 Å². The Morgan fingerprint density at radius 1 is 1.53 bits per heavy atom. The minimum absolute atomic E-state index is 0.0615. The lowest BCUT2D eigenvalue weighted by molar-refractivity contribution is -0.147. The van der Waals surface area contributed by atoms with Crippen molar-refractivity contribution in [1.82, 2.24) is 0 Å². The average Bonchev–Trinajstić information content (AvgIpc) is 3.19. The molecule has 1 atom stereocenters. The van der Waals surface area contributed by atoms with Crippen LogP contribution >= 0.6 is 15.9 Å². The Labute approximate surface area is 120 Å². The predicted octanol–water partition coefficient (Wildman–Crippen LogP) is 3.20. The highest BCUT2D eigenvalue weighted by Crippen LogP contribution is 2.45. The van der Waals surface area contributed by atoms with Crippen molar-refractivity contribution in [2.75, 3.05) is 13.2 Å². The first-order chi connectivity index (χ1) is 9.11. The molecule has 0 radical (unpaired) electrons. The third-order valence-electron chi connectivity index (χ3n) is 3.01. The minimum atomic E-state index is -1.00. The van der Waals surface area contributed by atoms with Crippen molar-refractivity contribution in [3.8, 4) is 5.75 Å². The molecule has 1 aliphatic carbocycles. The zero-order valence-corrected chi connectivity index (χ0v) is 12.4. The van der Waals surface area contributed by atoms with Crippen molar-refractivity contribution < 1.29 is 19.4 Å². The van der Waals surface area contributed by atoms with Crippen LogP contribution in [0.3, 0.4) is 0 Å². The third-order valence-corrected chi connectivity index (χ3v) is 3.50. The summed E-state index contributed by atoms with van der Waals surface area (Å²) in [6, 6.07) is 5.69. The molecule has 0 spiro atoms. The quantitative estimate of drug-likeness (QED) is 0.835. The van der Waals surface area contributed by atoms with E-state index in [1.165, 1.54) is 0 Å². The van der Waals surface area contributed by atoms with Crippen LogP contribution < -0.4 is 4.74 Å². The van der Waals surface area contributed by atoms with E-state index in [-0.39, 0.29) is 6.61 Å². The number of ether oxygens (including phenoxy) is 2. The van der Waals surface area contributed by atoms with Gasteiger partial charge in [-0.2, -0.15) is 0 Å². The minimum Gasteiger partial charge on any atom is -0.478 e. The largest absolute Gasteiger partial charge is 0.478 e. The maximum absolute atomic E-state index is 11.2. The summed E-state index contributed by atoms with van der Waals surface area (Å²) in [5.41, 5.74) is 1.08. The number of carboxylic acids is 1. The monoisotopic (exact) mass is 328 g/mol. The van der Waals surface area contributed by atoms with E-state index in [2.05, 4.69) is 15.9 Å². The van der Waals surface area contributed by atoms with E-state index < -0.39 is 12.1 Å². The van der Waals surface area contributed by atoms with Crippen molar-refractivity contribution in [2.45, 2.75) is 31.8 Å². The number of rotatable bonds is 7. The Morgan fingerprint density at radius 2 is 2.26 bits per heavy atom. The van der Waals surface area contributed by atoms with Crippen LogP contribution in [0.1, 0.15) is 31.2 Å². The number of aliphatic carboxylic acids is 1. The van der Waals surface area contributed by atoms with Crippen LogP contribution in [0.25, 0.3) is 0 Å². The van der Waals surface area contributed by atoms with Crippen LogP contribution in [0.4, 0.5) is 0 Å². The molecule has 1 saturated carbocycles. The molecule has 4 nitrogen and oxygen atoms in total. The van der Waals surface area contributed by atoms with Crippen LogP contribution in [-0.2, 0) is 9.53 Å². The molecular formula is C14H17BrO4. The summed E-state index contributed by atoms with van der Waals surface area (Å²) >= 11 is 3.43. The Hall–Kier alpha value is -1.07. The number of carbonyl (C=O) groups is 1. The van der Waals surface area contributed by atoms with Gasteiger partial charge in [0, 0.05) is 11.1 Å². The summed E-state index contributed by atoms with van der Waals surface area (Å²) in [4.78, 5) is 11.2. The lowest BCUT2D eigenvalue weighted by atomic mass is 10.1. The smallest absolute Gasteiger partial charge is 0.347 e. The lowest BCUT2D eigenvalue weighted by Crippen LogP contribution is -2.32. The zero-order chi connectivity index (χ0) is 13.8. The van der Waals surface area contributed by atoms with Crippen molar-refractivity contribution in [2.24, 2.45) is 0 Å². The molecule has 0 aromatic heterocycles. The van der Waals surface area contributed by atoms with E-state index in [1.54, 1.807) is 0 Å². The Morgan fingerprint density at radius 3 is 2.84 bits per heavy atom. The lowest BCUT2D eigenvalue weighted by Gasteiger charge is -2.17. The fourth-order valence-electron chi connectivity index (χ4n) is 1.87. The summed E-state index contributed by atoms with van der Waals surface area (Å²) in [6.07, 6.45) is 1.31. The van der Waals surface area contributed by atoms with Crippen LogP contribution in [0, 0.1) is 0 Å². The van der Waals surface area contributed by atoms with Gasteiger partial charge in [-0.05, 0) is 49.4 Å². The molecule has 0 unspecified atom stereocenters. The first kappa shape index (κ1) is 14.3. The summed E-state index contributed by atoms with van der Waals surface area (Å²) in [5.74, 6) is 0.143. The number of halogens is 1. The Kier molecular flexibility index (Phi) is 4.82. The molecule has 1 fully saturated rings. The third kappa shape index (κ3) is 3.94. The molecule has 0 saturated heterocycles. The van der Waals surface area contributed by atoms with Gasteiger partial charge < -0.3 is 14.6 Å². The van der Waals surface area contributed by atoms with Gasteiger partial charge in [0.2, 0.25) is 6.10 Å². The number of hydrogen-bond acceptors (Lipinski definition) is 3. The predicted molar refractivity (Wildman–Crippen MR) is 74.7 cm³/mol. The first-order valence-electron chi connectivity index (χ1n) is 6.38. The second kappa shape index (κ2) is 6.39. The maximum atomic E-state index is 11.2. The molecule has 0 bridgehead atoms. The van der Waals surface area contributed by atoms with Crippen molar-refractivity contribution in [3.05, 3.63) is 28.2 Å². The van der Waals surface area contributed by atoms with Gasteiger partial charge in [-0.1, -0.05) is 15.9 Å². The zero-order valence-electron chi connectivity index (χ0n) is 10.8. The van der Waals surface area contributed by atoms with E-state index in [0.29, 0.717) is 18.3 Å². The molecule has 0 amide bonds. The van der Waals surface area contributed by atoms with Gasteiger partial charge in [-0.25, -0.2) is 4.79 Å². The molecule has 0 heterocycles. The fourth-order valence-corrected chi connectivity index (χ4v) is 2.25. The van der Waals surface area contributed by atoms with Crippen molar-refractivity contribution in [1.29, 1.82) is 0 Å². The first-order valence-corrected chi connectivity index (χ1v) is 7.17. The van der Waals surface area contributed by atoms with Crippen molar-refractivity contribution >= 4 is 21.9 Å². The normalized spacial score (nSPS) is 16.1. The Balaban J connectivity index is 2.13. The fraction of sp³-hybridized carbons (Fsp3) is 0.500. The van der Waals surface area contributed by atoms with Crippen LogP contribution in [0.5, 0.6) is 5.75 Å². The van der Waals surface area contributed by atoms with Crippen molar-refractivity contribution in [3.63, 3.8) is 0 Å². The van der Waals surface area contributed by atoms with Crippen LogP contribution in [0.2, 0.25) is 0 Å². The van der Waals surface area contributed by atoms with E-state index >= 15 is 0 Å². The molecule has 19 heavy (non-hydrogen) atoms. The molecule has 104 valence electrons. The van der Waals surface area contributed by atoms with Crippen LogP contribution in [0.15, 0.2) is 22.7 Å². The van der Waals surface area contributed by atoms with Gasteiger partial charge in [0.15, 0.2) is 0 Å². The molecule has 1 aliphatic rings. The molecule has 0 aliphatic heterocycles. The van der Waals surface area contributed by atoms with E-state index in [0.717, 1.165) is 22.9 Å². The number of carboxylic acid groups (broad SMARTS) is 1. The maximum Gasteiger partial charge on any atom is 0.347 e. The molecule has 1 aromatic carbocycles. The highest BCUT2D eigenvalue weighted by atomic mass is 79.9. The van der Waals surface area contributed by atoms with Crippen LogP contribution in [-0.4, -0.2) is 30.4 Å². The topological polar surface area (TPSA) is 55.8 Å². The van der Waals surface area contributed by atoms with E-state index in [9.17, 15) is 4.79 Å². The van der Waals surface area contributed by atoms with Gasteiger partial charge in [0.05, 0.1) is 6.61 Å². The van der Waals surface area contributed by atoms with E-state index in [4.69, 9.17) is 14.6 Å². The number of hydrogen-bond donors (Lipinski definition) is 1. The second-order valence-corrected chi connectivity index (χ2v) is 5.48. The molecule has 5 heteroatoms. The van der Waals surface area contributed by atoms with Gasteiger partial charge in [0.25, 0.3) is 0 Å². The second-order valence-electron chi connectivity index (χ2n) is 4.56. The summed E-state index contributed by atoms with van der Waals surface area (Å²) in [7, 11) is 0. The standard InChI is InChI=1S/C14H17BrO4/c1-2-18-8-13(14(16)17)19-12-6-5-10(15)7-11(12)9-3-4-9/h5-7,9,13H,2-4,8H2,1H3,(H,16,17)/t13-/m0/s1. The molecular weight excluding hydrogens is 312 g/mol. The SMILES string of the molecule is CCOC[C@H](Oc1ccc(Br)cc1C1CC1)C(=O)O. The molecule has 1 N–H and O–H groups in total. The van der Waals surface area contributed by atoms with Gasteiger partial charge in [-0.3, -0.25) is 0 Å². The van der Waals surface area contributed by atoms with E-state index in [1.807, 2.05) is 25.1 Å². The van der Waals surface area contributed by atoms with Gasteiger partial charge in [-0.15, -0.1) is 0 Å². The molecule has 1 aromatic rings. The average molecular weight is 329 g/mol. The van der Waals surface area contributed by atoms with Gasteiger partial charge >= 0.3 is 5.97 Å². The highest BCUT2D eigenvalue weighted by molar-refractivity contribution is 9.10. The highest BCUT2D eigenvalue weighted by Gasteiger charge is 2.29.